The summed E-state index contributed by atoms with van der Waals surface area (Å²) in [5, 5.41) is 9.75. The van der Waals surface area contributed by atoms with Crippen LogP contribution in [0.5, 0.6) is 0 Å². The van der Waals surface area contributed by atoms with Crippen LogP contribution in [0.3, 0.4) is 0 Å². The van der Waals surface area contributed by atoms with Gasteiger partial charge in [0.25, 0.3) is 0 Å². The summed E-state index contributed by atoms with van der Waals surface area (Å²) >= 11 is 5.73. The summed E-state index contributed by atoms with van der Waals surface area (Å²) in [5.41, 5.74) is 0.559. The van der Waals surface area contributed by atoms with Crippen LogP contribution < -0.4 is 0 Å². The van der Waals surface area contributed by atoms with Crippen LogP contribution in [0.2, 0.25) is 5.02 Å². The second kappa shape index (κ2) is 3.90. The normalized spacial score (nSPS) is 12.6. The van der Waals surface area contributed by atoms with Crippen molar-refractivity contribution < 1.29 is 9.50 Å². The Balaban J connectivity index is 3.20. The highest BCUT2D eigenvalue weighted by Gasteiger charge is 2.16. The van der Waals surface area contributed by atoms with Crippen molar-refractivity contribution in [3.05, 3.63) is 46.8 Å². The lowest BCUT2D eigenvalue weighted by atomic mass is 10.0. The summed E-state index contributed by atoms with van der Waals surface area (Å²) in [4.78, 5) is 0. The molecular formula is C10H10ClFO. The van der Waals surface area contributed by atoms with E-state index < -0.39 is 11.9 Å². The van der Waals surface area contributed by atoms with Crippen molar-refractivity contribution in [3.63, 3.8) is 0 Å². The third-order valence-electron chi connectivity index (χ3n) is 1.74. The molecule has 1 nitrogen and oxygen atoms in total. The first kappa shape index (κ1) is 10.2. The molecule has 0 amide bonds. The van der Waals surface area contributed by atoms with Crippen LogP contribution >= 0.6 is 11.6 Å². The fraction of sp³-hybridized carbons (Fsp3) is 0.200. The molecule has 0 saturated heterocycles. The molecule has 1 N–H and O–H groups in total. The molecule has 3 heteroatoms. The van der Waals surface area contributed by atoms with Crippen molar-refractivity contribution in [1.82, 2.24) is 0 Å². The molecule has 1 aromatic rings. The highest BCUT2D eigenvalue weighted by molar-refractivity contribution is 6.31. The largest absolute Gasteiger partial charge is 0.384 e. The summed E-state index contributed by atoms with van der Waals surface area (Å²) in [6.45, 7) is 5.16. The number of hydrogen-bond donors (Lipinski definition) is 1. The molecule has 0 aromatic heterocycles. The lowest BCUT2D eigenvalue weighted by molar-refractivity contribution is 0.211. The number of hydrogen-bond acceptors (Lipinski definition) is 1. The van der Waals surface area contributed by atoms with Gasteiger partial charge in [-0.2, -0.15) is 0 Å². The van der Waals surface area contributed by atoms with E-state index in [4.69, 9.17) is 11.6 Å². The molecule has 1 aromatic carbocycles. The zero-order valence-corrected chi connectivity index (χ0v) is 7.98. The Bertz CT molecular complexity index is 315. The van der Waals surface area contributed by atoms with Crippen molar-refractivity contribution in [2.45, 2.75) is 13.0 Å². The Morgan fingerprint density at radius 3 is 2.69 bits per heavy atom. The van der Waals surface area contributed by atoms with Crippen molar-refractivity contribution in [3.8, 4) is 0 Å². The van der Waals surface area contributed by atoms with E-state index in [0.29, 0.717) is 5.57 Å². The van der Waals surface area contributed by atoms with Crippen LogP contribution in [-0.2, 0) is 0 Å². The second-order valence-corrected chi connectivity index (χ2v) is 3.29. The van der Waals surface area contributed by atoms with Crippen LogP contribution in [-0.4, -0.2) is 5.11 Å². The smallest absolute Gasteiger partial charge is 0.130 e. The molecule has 0 radical (unpaired) electrons. The van der Waals surface area contributed by atoms with Gasteiger partial charge in [0.15, 0.2) is 0 Å². The zero-order valence-electron chi connectivity index (χ0n) is 7.22. The lowest BCUT2D eigenvalue weighted by Crippen LogP contribution is -2.02. The maximum absolute atomic E-state index is 13.2. The van der Waals surface area contributed by atoms with Gasteiger partial charge in [-0.1, -0.05) is 24.2 Å². The minimum absolute atomic E-state index is 0.0941. The van der Waals surface area contributed by atoms with Gasteiger partial charge in [-0.15, -0.1) is 0 Å². The molecule has 0 aliphatic rings. The molecule has 0 spiro atoms. The van der Waals surface area contributed by atoms with Crippen molar-refractivity contribution in [2.75, 3.05) is 0 Å². The first-order chi connectivity index (χ1) is 6.04. The Morgan fingerprint density at radius 1 is 1.62 bits per heavy atom. The van der Waals surface area contributed by atoms with E-state index in [9.17, 15) is 9.50 Å². The molecule has 0 aliphatic carbocycles. The Hall–Kier alpha value is -0.860. The van der Waals surface area contributed by atoms with Crippen molar-refractivity contribution in [2.24, 2.45) is 0 Å². The van der Waals surface area contributed by atoms with Crippen molar-refractivity contribution in [1.29, 1.82) is 0 Å². The Morgan fingerprint density at radius 2 is 2.23 bits per heavy atom. The van der Waals surface area contributed by atoms with Crippen LogP contribution in [0.1, 0.15) is 18.6 Å². The van der Waals surface area contributed by atoms with Crippen LogP contribution in [0, 0.1) is 5.82 Å². The standard InChI is InChI=1S/C10H10ClFO/c1-6(2)10(13)9-7(11)4-3-5-8(9)12/h3-5,10,13H,1H2,2H3. The highest BCUT2D eigenvalue weighted by atomic mass is 35.5. The number of halogens is 2. The van der Waals surface area contributed by atoms with Gasteiger partial charge >= 0.3 is 0 Å². The van der Waals surface area contributed by atoms with Crippen LogP contribution in [0.25, 0.3) is 0 Å². The number of rotatable bonds is 2. The molecule has 1 unspecified atom stereocenters. The lowest BCUT2D eigenvalue weighted by Gasteiger charge is -2.12. The van der Waals surface area contributed by atoms with Gasteiger partial charge in [0, 0.05) is 10.6 Å². The van der Waals surface area contributed by atoms with Gasteiger partial charge in [-0.05, 0) is 24.6 Å². The average molecular weight is 201 g/mol. The zero-order chi connectivity index (χ0) is 10.0. The van der Waals surface area contributed by atoms with Gasteiger partial charge in [-0.25, -0.2) is 4.39 Å². The molecule has 1 atom stereocenters. The third kappa shape index (κ3) is 2.08. The van der Waals surface area contributed by atoms with Gasteiger partial charge < -0.3 is 5.11 Å². The highest BCUT2D eigenvalue weighted by Crippen LogP contribution is 2.29. The quantitative estimate of drug-likeness (QED) is 0.728. The number of aliphatic hydroxyl groups is 1. The molecule has 0 bridgehead atoms. The van der Waals surface area contributed by atoms with Gasteiger partial charge in [0.1, 0.15) is 11.9 Å². The van der Waals surface area contributed by atoms with E-state index in [-0.39, 0.29) is 10.6 Å². The number of benzene rings is 1. The summed E-state index contributed by atoms with van der Waals surface area (Å²) in [5.74, 6) is -0.511. The minimum atomic E-state index is -1.03. The first-order valence-corrected chi connectivity index (χ1v) is 4.19. The van der Waals surface area contributed by atoms with E-state index in [1.165, 1.54) is 18.2 Å². The molecular weight excluding hydrogens is 191 g/mol. The summed E-state index contributed by atoms with van der Waals surface area (Å²) in [7, 11) is 0. The van der Waals surface area contributed by atoms with Gasteiger partial charge in [-0.3, -0.25) is 0 Å². The van der Waals surface area contributed by atoms with E-state index in [0.717, 1.165) is 0 Å². The fourth-order valence-electron chi connectivity index (χ4n) is 1.02. The predicted octanol–water partition coefficient (Wildman–Crippen LogP) is 3.09. The first-order valence-electron chi connectivity index (χ1n) is 3.81. The molecule has 0 heterocycles. The monoisotopic (exact) mass is 200 g/mol. The van der Waals surface area contributed by atoms with Gasteiger partial charge in [0.05, 0.1) is 0 Å². The van der Waals surface area contributed by atoms with E-state index in [2.05, 4.69) is 6.58 Å². The SMILES string of the molecule is C=C(C)C(O)c1c(F)cccc1Cl. The molecule has 1 rings (SSSR count). The minimum Gasteiger partial charge on any atom is -0.384 e. The third-order valence-corrected chi connectivity index (χ3v) is 2.07. The van der Waals surface area contributed by atoms with E-state index in [1.54, 1.807) is 6.92 Å². The van der Waals surface area contributed by atoms with E-state index >= 15 is 0 Å². The summed E-state index contributed by atoms with van der Waals surface area (Å²) < 4.78 is 13.2. The fourth-order valence-corrected chi connectivity index (χ4v) is 1.28. The second-order valence-electron chi connectivity index (χ2n) is 2.88. The maximum Gasteiger partial charge on any atom is 0.130 e. The Labute approximate surface area is 81.5 Å². The molecule has 0 aliphatic heterocycles. The average Bonchev–Trinajstić information content (AvgIpc) is 2.03. The van der Waals surface area contributed by atoms with Gasteiger partial charge in [0.2, 0.25) is 0 Å². The topological polar surface area (TPSA) is 20.2 Å². The predicted molar refractivity (Wildman–Crippen MR) is 51.2 cm³/mol. The summed E-state index contributed by atoms with van der Waals surface area (Å²) in [6, 6.07) is 4.28. The van der Waals surface area contributed by atoms with Crippen LogP contribution in [0.4, 0.5) is 4.39 Å². The Kier molecular flexibility index (Phi) is 3.07. The number of aliphatic hydroxyl groups excluding tert-OH is 1. The summed E-state index contributed by atoms with van der Waals surface area (Å²) in [6.07, 6.45) is -1.03. The molecule has 0 saturated carbocycles. The molecule has 13 heavy (non-hydrogen) atoms. The molecule has 0 fully saturated rings. The molecule has 70 valence electrons. The van der Waals surface area contributed by atoms with Crippen LogP contribution in [0.15, 0.2) is 30.4 Å². The van der Waals surface area contributed by atoms with Crippen molar-refractivity contribution >= 4 is 11.6 Å². The maximum atomic E-state index is 13.2. The van der Waals surface area contributed by atoms with E-state index in [1.807, 2.05) is 0 Å².